The lowest BCUT2D eigenvalue weighted by Crippen LogP contribution is -2.61. The van der Waals surface area contributed by atoms with Crippen LogP contribution in [-0.4, -0.2) is 57.0 Å². The van der Waals surface area contributed by atoms with Gasteiger partial charge in [0.25, 0.3) is 5.91 Å². The number of aliphatic hydroxyl groups excluding tert-OH is 3. The number of ketones is 1. The van der Waals surface area contributed by atoms with E-state index in [1.54, 1.807) is 0 Å². The number of rotatable bonds is 5. The minimum atomic E-state index is -2.93. The van der Waals surface area contributed by atoms with Gasteiger partial charge in [-0.2, -0.15) is 0 Å². The molecule has 0 saturated heterocycles. The molecule has 0 aromatic carbocycles. The minimum absolute atomic E-state index is 1.02. The summed E-state index contributed by atoms with van der Waals surface area (Å²) < 4.78 is 0. The Morgan fingerprint density at radius 2 is 1.85 bits per heavy atom. The number of carbonyl (C=O) groups is 2. The van der Waals surface area contributed by atoms with Gasteiger partial charge in [0.05, 0.1) is 6.61 Å². The van der Waals surface area contributed by atoms with Gasteiger partial charge in [-0.3, -0.25) is 9.59 Å². The molecule has 0 aliphatic heterocycles. The molecule has 0 aromatic heterocycles. The Balaban J connectivity index is 4.94. The maximum absolute atomic E-state index is 10.8. The monoisotopic (exact) mass is 193 g/mol. The summed E-state index contributed by atoms with van der Waals surface area (Å²) in [5, 5.41) is 34.9. The van der Waals surface area contributed by atoms with Crippen molar-refractivity contribution in [3.63, 3.8) is 0 Å². The Morgan fingerprint density at radius 3 is 2.08 bits per heavy atom. The second-order valence-electron chi connectivity index (χ2n) is 2.41. The predicted molar refractivity (Wildman–Crippen MR) is 39.3 cm³/mol. The average molecular weight is 193 g/mol. The normalized spacial score (nSPS) is 17.5. The number of hydrogen-bond acceptors (Lipinski definition) is 6. The van der Waals surface area contributed by atoms with Gasteiger partial charge in [0.15, 0.2) is 0 Å². The van der Waals surface area contributed by atoms with E-state index in [0.29, 0.717) is 0 Å². The number of amides is 1. The van der Waals surface area contributed by atoms with Crippen molar-refractivity contribution >= 4 is 11.7 Å². The number of nitrogens with two attached hydrogens (primary N) is 1. The third kappa shape index (κ3) is 2.01. The summed E-state index contributed by atoms with van der Waals surface area (Å²) in [5.74, 6) is -2.88. The highest BCUT2D eigenvalue weighted by atomic mass is 16.4. The maximum Gasteiger partial charge on any atom is 0.260 e. The van der Waals surface area contributed by atoms with E-state index >= 15 is 0 Å². The summed E-state index contributed by atoms with van der Waals surface area (Å²) in [6.45, 7) is -2.18. The van der Waals surface area contributed by atoms with E-state index in [9.17, 15) is 14.7 Å². The van der Waals surface area contributed by atoms with Crippen LogP contribution in [0.2, 0.25) is 0 Å². The molecular weight excluding hydrogens is 182 g/mol. The zero-order chi connectivity index (χ0) is 10.6. The molecule has 6 N–H and O–H groups in total. The lowest BCUT2D eigenvalue weighted by molar-refractivity contribution is -0.167. The van der Waals surface area contributed by atoms with Crippen molar-refractivity contribution in [2.75, 3.05) is 13.2 Å². The molecule has 0 radical (unpaired) electrons. The van der Waals surface area contributed by atoms with Crippen LogP contribution in [0.5, 0.6) is 0 Å². The molecule has 0 aliphatic rings. The second kappa shape index (κ2) is 4.28. The molecular formula is C6H11NO6. The van der Waals surface area contributed by atoms with Crippen LogP contribution in [0.25, 0.3) is 0 Å². The SMILES string of the molecule is NC(=O)[C@](O)(C(=O)CO)[C@H](O)CO. The van der Waals surface area contributed by atoms with Crippen LogP contribution in [0.15, 0.2) is 0 Å². The molecule has 0 aliphatic carbocycles. The highest BCUT2D eigenvalue weighted by molar-refractivity contribution is 6.09. The molecule has 0 unspecified atom stereocenters. The van der Waals surface area contributed by atoms with E-state index in [-0.39, 0.29) is 0 Å². The summed E-state index contributed by atoms with van der Waals surface area (Å²) >= 11 is 0. The molecule has 7 heteroatoms. The summed E-state index contributed by atoms with van der Waals surface area (Å²) in [6.07, 6.45) is -2.04. The third-order valence-corrected chi connectivity index (χ3v) is 1.60. The van der Waals surface area contributed by atoms with Gasteiger partial charge in [0.1, 0.15) is 12.7 Å². The fourth-order valence-electron chi connectivity index (χ4n) is 0.740. The first-order valence-electron chi connectivity index (χ1n) is 3.36. The van der Waals surface area contributed by atoms with E-state index in [4.69, 9.17) is 15.3 Å². The van der Waals surface area contributed by atoms with E-state index < -0.39 is 36.6 Å². The van der Waals surface area contributed by atoms with Crippen LogP contribution >= 0.6 is 0 Å². The molecule has 0 rings (SSSR count). The summed E-state index contributed by atoms with van der Waals surface area (Å²) in [4.78, 5) is 21.4. The number of carbonyl (C=O) groups excluding carboxylic acids is 2. The van der Waals surface area contributed by atoms with Crippen LogP contribution in [-0.2, 0) is 9.59 Å². The smallest absolute Gasteiger partial charge is 0.260 e. The van der Waals surface area contributed by atoms with Crippen molar-refractivity contribution in [2.24, 2.45) is 5.73 Å². The topological polar surface area (TPSA) is 141 Å². The number of aliphatic hydroxyl groups is 4. The molecule has 0 bridgehead atoms. The van der Waals surface area contributed by atoms with Gasteiger partial charge in [-0.25, -0.2) is 0 Å². The largest absolute Gasteiger partial charge is 0.394 e. The van der Waals surface area contributed by atoms with Gasteiger partial charge < -0.3 is 26.2 Å². The van der Waals surface area contributed by atoms with Gasteiger partial charge in [0.2, 0.25) is 11.4 Å². The fraction of sp³-hybridized carbons (Fsp3) is 0.667. The first kappa shape index (κ1) is 12.0. The zero-order valence-electron chi connectivity index (χ0n) is 6.67. The van der Waals surface area contributed by atoms with Crippen molar-refractivity contribution in [3.05, 3.63) is 0 Å². The Labute approximate surface area is 73.4 Å². The number of primary amides is 1. The maximum atomic E-state index is 10.8. The minimum Gasteiger partial charge on any atom is -0.394 e. The van der Waals surface area contributed by atoms with Gasteiger partial charge in [-0.1, -0.05) is 0 Å². The van der Waals surface area contributed by atoms with Gasteiger partial charge in [-0.05, 0) is 0 Å². The lowest BCUT2D eigenvalue weighted by Gasteiger charge is -2.26. The first-order valence-corrected chi connectivity index (χ1v) is 3.36. The van der Waals surface area contributed by atoms with E-state index in [2.05, 4.69) is 5.73 Å². The molecule has 0 spiro atoms. The highest BCUT2D eigenvalue weighted by Gasteiger charge is 2.48. The average Bonchev–Trinajstić information content (AvgIpc) is 2.13. The van der Waals surface area contributed by atoms with Crippen molar-refractivity contribution in [1.29, 1.82) is 0 Å². The van der Waals surface area contributed by atoms with E-state index in [0.717, 1.165) is 0 Å². The molecule has 1 amide bonds. The molecule has 76 valence electrons. The van der Waals surface area contributed by atoms with Crippen LogP contribution in [0.3, 0.4) is 0 Å². The van der Waals surface area contributed by atoms with E-state index in [1.807, 2.05) is 0 Å². The van der Waals surface area contributed by atoms with E-state index in [1.165, 1.54) is 0 Å². The van der Waals surface area contributed by atoms with Crippen LogP contribution in [0.1, 0.15) is 0 Å². The summed E-state index contributed by atoms with van der Waals surface area (Å²) in [6, 6.07) is 0. The summed E-state index contributed by atoms with van der Waals surface area (Å²) in [7, 11) is 0. The fourth-order valence-corrected chi connectivity index (χ4v) is 0.740. The Bertz CT molecular complexity index is 217. The van der Waals surface area contributed by atoms with Crippen LogP contribution in [0.4, 0.5) is 0 Å². The lowest BCUT2D eigenvalue weighted by atomic mass is 9.91. The molecule has 0 fully saturated rings. The summed E-state index contributed by atoms with van der Waals surface area (Å²) in [5.41, 5.74) is 1.70. The van der Waals surface area contributed by atoms with Gasteiger partial charge in [-0.15, -0.1) is 0 Å². The van der Waals surface area contributed by atoms with Crippen molar-refractivity contribution in [3.8, 4) is 0 Å². The Kier molecular flexibility index (Phi) is 3.95. The molecule has 0 saturated carbocycles. The molecule has 0 aromatic rings. The van der Waals surface area contributed by atoms with Gasteiger partial charge >= 0.3 is 0 Å². The zero-order valence-corrected chi connectivity index (χ0v) is 6.67. The van der Waals surface area contributed by atoms with Crippen LogP contribution < -0.4 is 5.73 Å². The number of hydrogen-bond donors (Lipinski definition) is 5. The molecule has 13 heavy (non-hydrogen) atoms. The predicted octanol–water partition coefficient (Wildman–Crippen LogP) is -3.88. The van der Waals surface area contributed by atoms with Crippen molar-refractivity contribution in [2.45, 2.75) is 11.7 Å². The molecule has 0 heterocycles. The third-order valence-electron chi connectivity index (χ3n) is 1.60. The molecule has 2 atom stereocenters. The number of Topliss-reactive ketones (excluding diaryl/α,β-unsaturated/α-hetero) is 1. The second-order valence-corrected chi connectivity index (χ2v) is 2.41. The Morgan fingerprint density at radius 1 is 1.38 bits per heavy atom. The van der Waals surface area contributed by atoms with Crippen LogP contribution in [0, 0.1) is 0 Å². The molecule has 7 nitrogen and oxygen atoms in total. The quantitative estimate of drug-likeness (QED) is 0.283. The van der Waals surface area contributed by atoms with Crippen molar-refractivity contribution in [1.82, 2.24) is 0 Å². The highest BCUT2D eigenvalue weighted by Crippen LogP contribution is 2.11. The first-order chi connectivity index (χ1) is 5.91. The standard InChI is InChI=1S/C6H11NO6/c7-5(12)6(13,3(10)1-8)4(11)2-9/h3,8-10,13H,1-2H2,(H2,7,12)/t3-,6-/m1/s1. The van der Waals surface area contributed by atoms with Crippen molar-refractivity contribution < 1.29 is 30.0 Å². The van der Waals surface area contributed by atoms with Gasteiger partial charge in [0, 0.05) is 0 Å². The Hall–Kier alpha value is -1.02.